The van der Waals surface area contributed by atoms with Gasteiger partial charge < -0.3 is 4.90 Å². The van der Waals surface area contributed by atoms with Crippen molar-refractivity contribution >= 4 is 11.4 Å². The van der Waals surface area contributed by atoms with Gasteiger partial charge >= 0.3 is 0 Å². The SMILES string of the molecule is Cc1ccc(C(=O)/C(=C/N(C)C)c2nnnn2-c2ccccc2)cc1. The lowest BCUT2D eigenvalue weighted by atomic mass is 10.0. The lowest BCUT2D eigenvalue weighted by Gasteiger charge is -2.12. The van der Waals surface area contributed by atoms with Crippen LogP contribution in [0.2, 0.25) is 0 Å². The molecule has 0 aliphatic carbocycles. The zero-order valence-electron chi connectivity index (χ0n) is 14.4. The lowest BCUT2D eigenvalue weighted by Crippen LogP contribution is -2.13. The van der Waals surface area contributed by atoms with Gasteiger partial charge in [-0.25, -0.2) is 0 Å². The first-order valence-electron chi connectivity index (χ1n) is 7.90. The van der Waals surface area contributed by atoms with Crippen molar-refractivity contribution in [3.05, 3.63) is 77.7 Å². The third-order valence-corrected chi connectivity index (χ3v) is 3.66. The molecule has 25 heavy (non-hydrogen) atoms. The molecule has 3 rings (SSSR count). The van der Waals surface area contributed by atoms with Crippen LogP contribution in [0.5, 0.6) is 0 Å². The minimum Gasteiger partial charge on any atom is -0.383 e. The second-order valence-electron chi connectivity index (χ2n) is 5.95. The molecule has 0 saturated carbocycles. The van der Waals surface area contributed by atoms with Crippen LogP contribution >= 0.6 is 0 Å². The zero-order valence-corrected chi connectivity index (χ0v) is 14.4. The van der Waals surface area contributed by atoms with Crippen molar-refractivity contribution in [3.8, 4) is 5.69 Å². The van der Waals surface area contributed by atoms with Gasteiger partial charge in [-0.1, -0.05) is 48.0 Å². The van der Waals surface area contributed by atoms with Crippen LogP contribution in [0.15, 0.2) is 60.8 Å². The van der Waals surface area contributed by atoms with Crippen molar-refractivity contribution in [2.24, 2.45) is 0 Å². The largest absolute Gasteiger partial charge is 0.383 e. The van der Waals surface area contributed by atoms with Crippen molar-refractivity contribution in [2.45, 2.75) is 6.92 Å². The second-order valence-corrected chi connectivity index (χ2v) is 5.95. The maximum Gasteiger partial charge on any atom is 0.198 e. The average molecular weight is 333 g/mol. The first kappa shape index (κ1) is 16.6. The van der Waals surface area contributed by atoms with E-state index >= 15 is 0 Å². The zero-order chi connectivity index (χ0) is 17.8. The Hall–Kier alpha value is -3.28. The quantitative estimate of drug-likeness (QED) is 0.531. The number of nitrogens with zero attached hydrogens (tertiary/aromatic N) is 5. The third kappa shape index (κ3) is 3.63. The second kappa shape index (κ2) is 7.09. The number of carbonyl (C=O) groups is 1. The van der Waals surface area contributed by atoms with Crippen LogP contribution in [0, 0.1) is 6.92 Å². The maximum absolute atomic E-state index is 13.1. The number of carbonyl (C=O) groups excluding carboxylic acids is 1. The number of para-hydroxylation sites is 1. The molecule has 0 atom stereocenters. The number of hydrogen-bond donors (Lipinski definition) is 0. The molecular weight excluding hydrogens is 314 g/mol. The van der Waals surface area contributed by atoms with E-state index in [0.29, 0.717) is 17.0 Å². The number of benzene rings is 2. The summed E-state index contributed by atoms with van der Waals surface area (Å²) in [6.45, 7) is 1.99. The van der Waals surface area contributed by atoms with E-state index in [2.05, 4.69) is 15.5 Å². The van der Waals surface area contributed by atoms with Gasteiger partial charge in [0.05, 0.1) is 11.3 Å². The number of hydrogen-bond acceptors (Lipinski definition) is 5. The Labute approximate surface area is 146 Å². The number of aromatic nitrogens is 4. The highest BCUT2D eigenvalue weighted by atomic mass is 16.1. The molecule has 0 aliphatic heterocycles. The number of aryl methyl sites for hydroxylation is 1. The molecule has 6 nitrogen and oxygen atoms in total. The van der Waals surface area contributed by atoms with E-state index in [0.717, 1.165) is 11.3 Å². The number of ketones is 1. The molecule has 0 radical (unpaired) electrons. The standard InChI is InChI=1S/C19H19N5O/c1-14-9-11-15(12-10-14)18(25)17(13-23(2)3)19-20-21-22-24(19)16-7-5-4-6-8-16/h4-13H,1-3H3/b17-13-. The number of Topliss-reactive ketones (excluding diaryl/α,β-unsaturated/α-hetero) is 1. The summed E-state index contributed by atoms with van der Waals surface area (Å²) in [5.74, 6) is 0.283. The van der Waals surface area contributed by atoms with Gasteiger partial charge in [-0.05, 0) is 29.5 Å². The van der Waals surface area contributed by atoms with Gasteiger partial charge in [-0.15, -0.1) is 5.10 Å². The smallest absolute Gasteiger partial charge is 0.198 e. The summed E-state index contributed by atoms with van der Waals surface area (Å²) >= 11 is 0. The van der Waals surface area contributed by atoms with Crippen molar-refractivity contribution in [1.82, 2.24) is 25.1 Å². The summed E-state index contributed by atoms with van der Waals surface area (Å²) in [7, 11) is 3.72. The summed E-state index contributed by atoms with van der Waals surface area (Å²) in [6, 6.07) is 17.0. The van der Waals surface area contributed by atoms with Crippen LogP contribution in [-0.4, -0.2) is 45.0 Å². The van der Waals surface area contributed by atoms with E-state index in [1.807, 2.05) is 80.5 Å². The van der Waals surface area contributed by atoms with Crippen LogP contribution < -0.4 is 0 Å². The molecule has 1 aromatic heterocycles. The fourth-order valence-electron chi connectivity index (χ4n) is 2.43. The summed E-state index contributed by atoms with van der Waals surface area (Å²) < 4.78 is 1.57. The highest BCUT2D eigenvalue weighted by Gasteiger charge is 2.21. The van der Waals surface area contributed by atoms with E-state index in [1.165, 1.54) is 0 Å². The molecule has 3 aromatic rings. The molecule has 2 aromatic carbocycles. The minimum atomic E-state index is -0.124. The molecule has 0 aliphatic rings. The van der Waals surface area contributed by atoms with Crippen LogP contribution in [0.3, 0.4) is 0 Å². The topological polar surface area (TPSA) is 63.9 Å². The van der Waals surface area contributed by atoms with E-state index in [1.54, 1.807) is 10.9 Å². The molecule has 0 fully saturated rings. The molecule has 1 heterocycles. The van der Waals surface area contributed by atoms with Crippen molar-refractivity contribution in [3.63, 3.8) is 0 Å². The Bertz CT molecular complexity index is 895. The minimum absolute atomic E-state index is 0.124. The van der Waals surface area contributed by atoms with Gasteiger partial charge in [0.15, 0.2) is 11.6 Å². The van der Waals surface area contributed by atoms with Crippen LogP contribution in [0.25, 0.3) is 11.3 Å². The Kier molecular flexibility index (Phi) is 4.70. The fourth-order valence-corrected chi connectivity index (χ4v) is 2.43. The summed E-state index contributed by atoms with van der Waals surface area (Å²) in [5, 5.41) is 11.9. The molecule has 0 N–H and O–H groups in total. The lowest BCUT2D eigenvalue weighted by molar-refractivity contribution is 0.105. The Morgan fingerprint density at radius 2 is 1.72 bits per heavy atom. The first-order chi connectivity index (χ1) is 12.1. The van der Waals surface area contributed by atoms with Crippen LogP contribution in [-0.2, 0) is 0 Å². The van der Waals surface area contributed by atoms with Crippen molar-refractivity contribution in [2.75, 3.05) is 14.1 Å². The molecule has 0 bridgehead atoms. The predicted octanol–water partition coefficient (Wildman–Crippen LogP) is 2.76. The predicted molar refractivity (Wildman–Crippen MR) is 96.3 cm³/mol. The van der Waals surface area contributed by atoms with Crippen molar-refractivity contribution < 1.29 is 4.79 Å². The first-order valence-corrected chi connectivity index (χ1v) is 7.90. The average Bonchev–Trinajstić information content (AvgIpc) is 3.10. The van der Waals surface area contributed by atoms with Gasteiger partial charge in [0.1, 0.15) is 0 Å². The van der Waals surface area contributed by atoms with Gasteiger partial charge in [-0.3, -0.25) is 4.79 Å². The van der Waals surface area contributed by atoms with E-state index in [9.17, 15) is 4.79 Å². The monoisotopic (exact) mass is 333 g/mol. The fraction of sp³-hybridized carbons (Fsp3) is 0.158. The molecule has 6 heteroatoms. The normalized spacial score (nSPS) is 11.4. The van der Waals surface area contributed by atoms with Gasteiger partial charge in [0.25, 0.3) is 0 Å². The molecular formula is C19H19N5O. The molecule has 0 unspecified atom stereocenters. The van der Waals surface area contributed by atoms with Crippen molar-refractivity contribution in [1.29, 1.82) is 0 Å². The number of tetrazole rings is 1. The summed E-state index contributed by atoms with van der Waals surface area (Å²) in [4.78, 5) is 14.9. The van der Waals surface area contributed by atoms with E-state index in [-0.39, 0.29) is 5.78 Å². The number of rotatable bonds is 5. The molecule has 0 saturated heterocycles. The summed E-state index contributed by atoms with van der Waals surface area (Å²) in [5.41, 5.74) is 2.93. The Morgan fingerprint density at radius 1 is 1.04 bits per heavy atom. The third-order valence-electron chi connectivity index (χ3n) is 3.66. The molecule has 0 amide bonds. The van der Waals surface area contributed by atoms with E-state index in [4.69, 9.17) is 0 Å². The maximum atomic E-state index is 13.1. The van der Waals surface area contributed by atoms with E-state index < -0.39 is 0 Å². The van der Waals surface area contributed by atoms with Gasteiger partial charge in [0.2, 0.25) is 0 Å². The van der Waals surface area contributed by atoms with Gasteiger partial charge in [-0.2, -0.15) is 4.68 Å². The molecule has 0 spiro atoms. The number of allylic oxidation sites excluding steroid dienone is 1. The van der Waals surface area contributed by atoms with Crippen LogP contribution in [0.1, 0.15) is 21.7 Å². The highest BCUT2D eigenvalue weighted by Crippen LogP contribution is 2.21. The summed E-state index contributed by atoms with van der Waals surface area (Å²) in [6.07, 6.45) is 1.74. The molecule has 126 valence electrons. The Balaban J connectivity index is 2.08. The Morgan fingerprint density at radius 3 is 2.36 bits per heavy atom. The van der Waals surface area contributed by atoms with Gasteiger partial charge in [0, 0.05) is 25.9 Å². The highest BCUT2D eigenvalue weighted by molar-refractivity contribution is 6.28. The van der Waals surface area contributed by atoms with Crippen LogP contribution in [0.4, 0.5) is 0 Å².